The van der Waals surface area contributed by atoms with Gasteiger partial charge in [0.2, 0.25) is 0 Å². The predicted octanol–water partition coefficient (Wildman–Crippen LogP) is 4.46. The number of hydrogen-bond donors (Lipinski definition) is 0. The Bertz CT molecular complexity index is 823. The molecule has 1 fully saturated rings. The van der Waals surface area contributed by atoms with E-state index in [4.69, 9.17) is 0 Å². The molecule has 23 heavy (non-hydrogen) atoms. The van der Waals surface area contributed by atoms with Crippen molar-refractivity contribution in [3.05, 3.63) is 53.2 Å². The molecule has 1 saturated heterocycles. The number of piperidine rings is 1. The summed E-state index contributed by atoms with van der Waals surface area (Å²) in [5.74, 6) is 0.947. The number of aromatic nitrogens is 2. The van der Waals surface area contributed by atoms with Crippen LogP contribution >= 0.6 is 11.3 Å². The molecule has 0 spiro atoms. The maximum atomic E-state index is 15.3. The molecule has 1 aromatic carbocycles. The van der Waals surface area contributed by atoms with Gasteiger partial charge in [0.25, 0.3) is 0 Å². The molecule has 4 rings (SSSR count). The number of anilines is 1. The van der Waals surface area contributed by atoms with Gasteiger partial charge in [-0.2, -0.15) is 0 Å². The van der Waals surface area contributed by atoms with Gasteiger partial charge in [-0.1, -0.05) is 30.3 Å². The zero-order valence-corrected chi connectivity index (χ0v) is 13.8. The molecule has 3 nitrogen and oxygen atoms in total. The van der Waals surface area contributed by atoms with Crippen molar-refractivity contribution in [1.29, 1.82) is 0 Å². The maximum Gasteiger partial charge on any atom is 0.150 e. The van der Waals surface area contributed by atoms with Crippen LogP contribution in [0.4, 0.5) is 10.2 Å². The first kappa shape index (κ1) is 14.6. The molecule has 1 aliphatic rings. The number of fused-ring (bicyclic) bond motifs is 1. The fraction of sp³-hybridized carbons (Fsp3) is 0.333. The van der Waals surface area contributed by atoms with Gasteiger partial charge in [-0.05, 0) is 23.4 Å². The molecule has 5 heteroatoms. The Labute approximate surface area is 138 Å². The molecule has 0 amide bonds. The van der Waals surface area contributed by atoms with Crippen molar-refractivity contribution in [2.75, 3.05) is 18.0 Å². The highest BCUT2D eigenvalue weighted by Crippen LogP contribution is 2.39. The number of thiophene rings is 1. The molecule has 1 aliphatic heterocycles. The third kappa shape index (κ3) is 2.49. The van der Waals surface area contributed by atoms with Gasteiger partial charge >= 0.3 is 0 Å². The standard InChI is InChI=1S/C18H18FN3S/c1-13-11-23-16-15(13)20-12-21-17(16)22-9-7-18(19,8-10-22)14-5-3-2-4-6-14/h2-6,11-12H,7-10H2,1H3. The molecule has 3 heterocycles. The predicted molar refractivity (Wildman–Crippen MR) is 92.8 cm³/mol. The third-order valence-electron chi connectivity index (χ3n) is 4.66. The summed E-state index contributed by atoms with van der Waals surface area (Å²) in [6.45, 7) is 3.41. The lowest BCUT2D eigenvalue weighted by molar-refractivity contribution is 0.125. The minimum absolute atomic E-state index is 0.493. The van der Waals surface area contributed by atoms with Gasteiger partial charge < -0.3 is 4.90 Å². The minimum atomic E-state index is -1.23. The summed E-state index contributed by atoms with van der Waals surface area (Å²) in [6, 6.07) is 9.53. The third-order valence-corrected chi connectivity index (χ3v) is 5.74. The Kier molecular flexibility index (Phi) is 3.53. The van der Waals surface area contributed by atoms with Gasteiger partial charge in [-0.3, -0.25) is 0 Å². The second-order valence-electron chi connectivity index (χ2n) is 6.11. The van der Waals surface area contributed by atoms with Crippen LogP contribution in [0.3, 0.4) is 0 Å². The van der Waals surface area contributed by atoms with Crippen LogP contribution in [0.15, 0.2) is 42.0 Å². The van der Waals surface area contributed by atoms with Crippen molar-refractivity contribution in [3.63, 3.8) is 0 Å². The van der Waals surface area contributed by atoms with Crippen molar-refractivity contribution >= 4 is 27.4 Å². The van der Waals surface area contributed by atoms with E-state index >= 15 is 4.39 Å². The number of nitrogens with zero attached hydrogens (tertiary/aromatic N) is 3. The monoisotopic (exact) mass is 327 g/mol. The lowest BCUT2D eigenvalue weighted by atomic mass is 9.86. The first-order valence-electron chi connectivity index (χ1n) is 7.85. The summed E-state index contributed by atoms with van der Waals surface area (Å²) >= 11 is 1.67. The molecule has 0 radical (unpaired) electrons. The van der Waals surface area contributed by atoms with Crippen LogP contribution in [0.5, 0.6) is 0 Å². The highest BCUT2D eigenvalue weighted by molar-refractivity contribution is 7.18. The summed E-state index contributed by atoms with van der Waals surface area (Å²) in [6.07, 6.45) is 2.60. The van der Waals surface area contributed by atoms with Gasteiger partial charge in [0, 0.05) is 25.9 Å². The van der Waals surface area contributed by atoms with Crippen LogP contribution in [0.25, 0.3) is 10.2 Å². The Balaban J connectivity index is 1.60. The van der Waals surface area contributed by atoms with Crippen LogP contribution in [0, 0.1) is 6.92 Å². The van der Waals surface area contributed by atoms with Crippen LogP contribution in [-0.4, -0.2) is 23.1 Å². The van der Waals surface area contributed by atoms with Gasteiger partial charge in [-0.25, -0.2) is 14.4 Å². The summed E-state index contributed by atoms with van der Waals surface area (Å²) in [5, 5.41) is 2.11. The molecule has 0 unspecified atom stereocenters. The van der Waals surface area contributed by atoms with Crippen molar-refractivity contribution < 1.29 is 4.39 Å². The first-order valence-corrected chi connectivity index (χ1v) is 8.73. The fourth-order valence-corrected chi connectivity index (χ4v) is 4.30. The molecule has 0 atom stereocenters. The highest BCUT2D eigenvalue weighted by Gasteiger charge is 2.36. The van der Waals surface area contributed by atoms with E-state index in [1.165, 1.54) is 5.56 Å². The average Bonchev–Trinajstić information content (AvgIpc) is 2.98. The van der Waals surface area contributed by atoms with E-state index in [-0.39, 0.29) is 0 Å². The van der Waals surface area contributed by atoms with Crippen molar-refractivity contribution in [1.82, 2.24) is 9.97 Å². The van der Waals surface area contributed by atoms with E-state index in [0.29, 0.717) is 25.9 Å². The molecule has 0 saturated carbocycles. The van der Waals surface area contributed by atoms with E-state index in [2.05, 4.69) is 27.2 Å². The van der Waals surface area contributed by atoms with E-state index in [0.717, 1.165) is 21.6 Å². The van der Waals surface area contributed by atoms with Crippen LogP contribution in [0.1, 0.15) is 24.0 Å². The molecule has 0 aliphatic carbocycles. The lowest BCUT2D eigenvalue weighted by Gasteiger charge is -2.37. The minimum Gasteiger partial charge on any atom is -0.355 e. The Morgan fingerprint density at radius 1 is 1.13 bits per heavy atom. The van der Waals surface area contributed by atoms with E-state index in [1.54, 1.807) is 17.7 Å². The number of benzene rings is 1. The SMILES string of the molecule is Cc1csc2c(N3CCC(F)(c4ccccc4)CC3)ncnc12. The maximum absolute atomic E-state index is 15.3. The highest BCUT2D eigenvalue weighted by atomic mass is 32.1. The van der Waals surface area contributed by atoms with Gasteiger partial charge in [0.05, 0.1) is 10.2 Å². The van der Waals surface area contributed by atoms with Gasteiger partial charge in [0.15, 0.2) is 0 Å². The van der Waals surface area contributed by atoms with Crippen LogP contribution in [0.2, 0.25) is 0 Å². The van der Waals surface area contributed by atoms with Gasteiger partial charge in [-0.15, -0.1) is 11.3 Å². The normalized spacial score (nSPS) is 17.6. The second-order valence-corrected chi connectivity index (χ2v) is 6.99. The smallest absolute Gasteiger partial charge is 0.150 e. The zero-order valence-electron chi connectivity index (χ0n) is 13.0. The van der Waals surface area contributed by atoms with E-state index < -0.39 is 5.67 Å². The Hall–Kier alpha value is -2.01. The number of halogens is 1. The Morgan fingerprint density at radius 2 is 1.87 bits per heavy atom. The molecule has 0 bridgehead atoms. The number of hydrogen-bond acceptors (Lipinski definition) is 4. The topological polar surface area (TPSA) is 29.0 Å². The lowest BCUT2D eigenvalue weighted by Crippen LogP contribution is -2.40. The summed E-state index contributed by atoms with van der Waals surface area (Å²) < 4.78 is 16.4. The molecular formula is C18H18FN3S. The van der Waals surface area contributed by atoms with Crippen molar-refractivity contribution in [2.24, 2.45) is 0 Å². The zero-order chi connectivity index (χ0) is 15.9. The largest absolute Gasteiger partial charge is 0.355 e. The molecule has 3 aromatic rings. The molecule has 2 aromatic heterocycles. The van der Waals surface area contributed by atoms with Crippen LogP contribution < -0.4 is 4.90 Å². The summed E-state index contributed by atoms with van der Waals surface area (Å²) in [7, 11) is 0. The van der Waals surface area contributed by atoms with Crippen molar-refractivity contribution in [3.8, 4) is 0 Å². The van der Waals surface area contributed by atoms with E-state index in [9.17, 15) is 0 Å². The fourth-order valence-electron chi connectivity index (χ4n) is 3.28. The first-order chi connectivity index (χ1) is 11.2. The second kappa shape index (κ2) is 5.57. The van der Waals surface area contributed by atoms with Gasteiger partial charge in [0.1, 0.15) is 17.8 Å². The summed E-state index contributed by atoms with van der Waals surface area (Å²) in [5.41, 5.74) is 1.75. The summed E-state index contributed by atoms with van der Waals surface area (Å²) in [4.78, 5) is 11.0. The number of aryl methyl sites for hydroxylation is 1. The molecule has 118 valence electrons. The van der Waals surface area contributed by atoms with E-state index in [1.807, 2.05) is 30.3 Å². The van der Waals surface area contributed by atoms with Crippen LogP contribution in [-0.2, 0) is 5.67 Å². The quantitative estimate of drug-likeness (QED) is 0.695. The number of rotatable bonds is 2. The molecule has 0 N–H and O–H groups in total. The Morgan fingerprint density at radius 3 is 2.61 bits per heavy atom. The average molecular weight is 327 g/mol. The van der Waals surface area contributed by atoms with Crippen molar-refractivity contribution in [2.45, 2.75) is 25.4 Å². The number of alkyl halides is 1. The molecular weight excluding hydrogens is 309 g/mol.